The van der Waals surface area contributed by atoms with Crippen molar-refractivity contribution in [1.29, 1.82) is 0 Å². The third-order valence-electron chi connectivity index (χ3n) is 1.96. The first-order chi connectivity index (χ1) is 6.16. The van der Waals surface area contributed by atoms with E-state index >= 15 is 0 Å². The zero-order valence-electron chi connectivity index (χ0n) is 7.67. The van der Waals surface area contributed by atoms with Crippen LogP contribution in [0.5, 0.6) is 0 Å². The first-order valence-electron chi connectivity index (χ1n) is 4.06. The van der Waals surface area contributed by atoms with Gasteiger partial charge in [0.25, 0.3) is 0 Å². The summed E-state index contributed by atoms with van der Waals surface area (Å²) in [5.74, 6) is 0.118. The van der Waals surface area contributed by atoms with Crippen LogP contribution < -0.4 is 4.90 Å². The van der Waals surface area contributed by atoms with Crippen LogP contribution in [0, 0.1) is 5.82 Å². The summed E-state index contributed by atoms with van der Waals surface area (Å²) in [6, 6.07) is 3.23. The minimum atomic E-state index is -0.280. The summed E-state index contributed by atoms with van der Waals surface area (Å²) >= 11 is 3.35. The molecule has 0 aliphatic carbocycles. The molecule has 0 bridgehead atoms. The van der Waals surface area contributed by atoms with Crippen molar-refractivity contribution in [2.24, 2.45) is 0 Å². The predicted molar refractivity (Wildman–Crippen MR) is 55.9 cm³/mol. The first kappa shape index (κ1) is 10.4. The van der Waals surface area contributed by atoms with Crippen molar-refractivity contribution in [3.05, 3.63) is 24.1 Å². The fourth-order valence-corrected chi connectivity index (χ4v) is 1.38. The molecule has 1 atom stereocenters. The topological polar surface area (TPSA) is 16.1 Å². The van der Waals surface area contributed by atoms with Crippen molar-refractivity contribution in [1.82, 2.24) is 4.98 Å². The molecule has 0 saturated carbocycles. The highest BCUT2D eigenvalue weighted by Crippen LogP contribution is 2.16. The van der Waals surface area contributed by atoms with E-state index in [2.05, 4.69) is 20.9 Å². The number of pyridine rings is 1. The number of hydrogen-bond acceptors (Lipinski definition) is 2. The molecule has 2 nitrogen and oxygen atoms in total. The Morgan fingerprint density at radius 3 is 2.92 bits per heavy atom. The molecule has 1 aromatic rings. The molecule has 13 heavy (non-hydrogen) atoms. The fourth-order valence-electron chi connectivity index (χ4n) is 0.949. The maximum absolute atomic E-state index is 13.2. The van der Waals surface area contributed by atoms with E-state index < -0.39 is 0 Å². The van der Waals surface area contributed by atoms with E-state index in [0.29, 0.717) is 5.82 Å². The summed E-state index contributed by atoms with van der Waals surface area (Å²) in [5.41, 5.74) is 0. The van der Waals surface area contributed by atoms with Gasteiger partial charge in [0, 0.05) is 24.6 Å². The number of alkyl halides is 1. The van der Waals surface area contributed by atoms with Gasteiger partial charge in [0.05, 0.1) is 0 Å². The van der Waals surface area contributed by atoms with E-state index in [1.807, 2.05) is 18.9 Å². The molecule has 72 valence electrons. The number of halogens is 2. The van der Waals surface area contributed by atoms with Gasteiger partial charge in [-0.2, -0.15) is 0 Å². The molecule has 0 aliphatic heterocycles. The van der Waals surface area contributed by atoms with Crippen LogP contribution in [0.3, 0.4) is 0 Å². The molecule has 0 fully saturated rings. The highest BCUT2D eigenvalue weighted by molar-refractivity contribution is 9.09. The van der Waals surface area contributed by atoms with E-state index in [9.17, 15) is 4.39 Å². The Bertz CT molecular complexity index is 280. The summed E-state index contributed by atoms with van der Waals surface area (Å²) in [5, 5.41) is 0.791. The zero-order valence-corrected chi connectivity index (χ0v) is 9.25. The van der Waals surface area contributed by atoms with Crippen molar-refractivity contribution in [3.8, 4) is 0 Å². The lowest BCUT2D eigenvalue weighted by Crippen LogP contribution is -2.31. The Morgan fingerprint density at radius 2 is 2.38 bits per heavy atom. The predicted octanol–water partition coefficient (Wildman–Crippen LogP) is 2.44. The van der Waals surface area contributed by atoms with Crippen LogP contribution in [0.25, 0.3) is 0 Å². The fraction of sp³-hybridized carbons (Fsp3) is 0.444. The van der Waals surface area contributed by atoms with Crippen LogP contribution in [0.15, 0.2) is 18.3 Å². The Labute approximate surface area is 85.9 Å². The summed E-state index contributed by atoms with van der Waals surface area (Å²) in [4.78, 5) is 5.79. The molecular weight excluding hydrogens is 235 g/mol. The van der Waals surface area contributed by atoms with Crippen LogP contribution in [-0.2, 0) is 0 Å². The second-order valence-electron chi connectivity index (χ2n) is 2.92. The SMILES string of the molecule is CC(CBr)N(C)c1ncccc1F. The lowest BCUT2D eigenvalue weighted by Gasteiger charge is -2.24. The summed E-state index contributed by atoms with van der Waals surface area (Å²) in [6.07, 6.45) is 1.59. The van der Waals surface area contributed by atoms with Crippen LogP contribution in [0.1, 0.15) is 6.92 Å². The highest BCUT2D eigenvalue weighted by atomic mass is 79.9. The molecule has 1 rings (SSSR count). The van der Waals surface area contributed by atoms with E-state index in [-0.39, 0.29) is 11.9 Å². The highest BCUT2D eigenvalue weighted by Gasteiger charge is 2.13. The van der Waals surface area contributed by atoms with Crippen molar-refractivity contribution in [2.75, 3.05) is 17.3 Å². The number of rotatable bonds is 3. The lowest BCUT2D eigenvalue weighted by molar-refractivity contribution is 0.606. The van der Waals surface area contributed by atoms with Crippen LogP contribution >= 0.6 is 15.9 Å². The lowest BCUT2D eigenvalue weighted by atomic mass is 10.3. The van der Waals surface area contributed by atoms with Gasteiger partial charge in [-0.3, -0.25) is 0 Å². The Kier molecular flexibility index (Phi) is 3.66. The summed E-state index contributed by atoms with van der Waals surface area (Å²) in [6.45, 7) is 2.00. The smallest absolute Gasteiger partial charge is 0.165 e. The van der Waals surface area contributed by atoms with Crippen LogP contribution in [0.4, 0.5) is 10.2 Å². The number of hydrogen-bond donors (Lipinski definition) is 0. The number of aromatic nitrogens is 1. The van der Waals surface area contributed by atoms with Crippen molar-refractivity contribution in [2.45, 2.75) is 13.0 Å². The van der Waals surface area contributed by atoms with Crippen molar-refractivity contribution in [3.63, 3.8) is 0 Å². The third kappa shape index (κ3) is 2.40. The van der Waals surface area contributed by atoms with Gasteiger partial charge in [0.2, 0.25) is 0 Å². The normalized spacial score (nSPS) is 12.6. The van der Waals surface area contributed by atoms with Crippen molar-refractivity contribution >= 4 is 21.7 Å². The summed E-state index contributed by atoms with van der Waals surface area (Å²) in [7, 11) is 1.83. The second-order valence-corrected chi connectivity index (χ2v) is 3.57. The molecule has 0 aliphatic rings. The summed E-state index contributed by atoms with van der Waals surface area (Å²) < 4.78 is 13.2. The maximum Gasteiger partial charge on any atom is 0.165 e. The zero-order chi connectivity index (χ0) is 9.84. The van der Waals surface area contributed by atoms with E-state index in [4.69, 9.17) is 0 Å². The van der Waals surface area contributed by atoms with Gasteiger partial charge in [-0.1, -0.05) is 15.9 Å². The molecule has 1 aromatic heterocycles. The van der Waals surface area contributed by atoms with Gasteiger partial charge < -0.3 is 4.90 Å². The third-order valence-corrected chi connectivity index (χ3v) is 2.89. The first-order valence-corrected chi connectivity index (χ1v) is 5.18. The van der Waals surface area contributed by atoms with E-state index in [1.165, 1.54) is 6.07 Å². The average Bonchev–Trinajstić information content (AvgIpc) is 2.16. The minimum absolute atomic E-state index is 0.226. The Hall–Kier alpha value is -0.640. The van der Waals surface area contributed by atoms with Crippen molar-refractivity contribution < 1.29 is 4.39 Å². The van der Waals surface area contributed by atoms with E-state index in [1.54, 1.807) is 12.3 Å². The van der Waals surface area contributed by atoms with Gasteiger partial charge in [-0.05, 0) is 19.1 Å². The largest absolute Gasteiger partial charge is 0.354 e. The van der Waals surface area contributed by atoms with Gasteiger partial charge in [0.15, 0.2) is 11.6 Å². The van der Waals surface area contributed by atoms with Gasteiger partial charge in [-0.25, -0.2) is 9.37 Å². The monoisotopic (exact) mass is 246 g/mol. The quantitative estimate of drug-likeness (QED) is 0.762. The molecule has 0 amide bonds. The Balaban J connectivity index is 2.88. The molecule has 1 unspecified atom stereocenters. The minimum Gasteiger partial charge on any atom is -0.354 e. The molecule has 0 saturated heterocycles. The van der Waals surface area contributed by atoms with Gasteiger partial charge in [-0.15, -0.1) is 0 Å². The van der Waals surface area contributed by atoms with Gasteiger partial charge in [0.1, 0.15) is 0 Å². The number of anilines is 1. The Morgan fingerprint density at radius 1 is 1.69 bits per heavy atom. The van der Waals surface area contributed by atoms with E-state index in [0.717, 1.165) is 5.33 Å². The van der Waals surface area contributed by atoms with Crippen LogP contribution in [-0.4, -0.2) is 23.4 Å². The molecule has 0 radical (unpaired) electrons. The molecule has 0 aromatic carbocycles. The molecule has 1 heterocycles. The molecular formula is C9H12BrFN2. The number of nitrogens with zero attached hydrogens (tertiary/aromatic N) is 2. The second kappa shape index (κ2) is 4.56. The van der Waals surface area contributed by atoms with Gasteiger partial charge >= 0.3 is 0 Å². The standard InChI is InChI=1S/C9H12BrFN2/c1-7(6-10)13(2)9-8(11)4-3-5-12-9/h3-5,7H,6H2,1-2H3. The molecule has 0 N–H and O–H groups in total. The molecule has 4 heteroatoms. The maximum atomic E-state index is 13.2. The molecule has 0 spiro atoms. The average molecular weight is 247 g/mol. The van der Waals surface area contributed by atoms with Crippen LogP contribution in [0.2, 0.25) is 0 Å².